The van der Waals surface area contributed by atoms with Crippen molar-refractivity contribution < 1.29 is 4.74 Å². The summed E-state index contributed by atoms with van der Waals surface area (Å²) >= 11 is 3.44. The number of nitrogens with zero attached hydrogens (tertiary/aromatic N) is 1. The Morgan fingerprint density at radius 2 is 2.29 bits per heavy atom. The summed E-state index contributed by atoms with van der Waals surface area (Å²) < 4.78 is 6.08. The topological polar surface area (TPSA) is 33.0 Å². The van der Waals surface area contributed by atoms with Gasteiger partial charge in [-0.3, -0.25) is 0 Å². The van der Waals surface area contributed by atoms with Crippen molar-refractivity contribution in [3.8, 4) is 11.8 Å². The van der Waals surface area contributed by atoms with Gasteiger partial charge >= 0.3 is 0 Å². The lowest BCUT2D eigenvalue weighted by Crippen LogP contribution is -1.96. The molecule has 0 aromatic heterocycles. The number of methoxy groups -OCH3 is 1. The van der Waals surface area contributed by atoms with Gasteiger partial charge in [0.25, 0.3) is 0 Å². The Morgan fingerprint density at radius 1 is 1.57 bits per heavy atom. The molecule has 0 heterocycles. The third-order valence-corrected chi connectivity index (χ3v) is 2.86. The monoisotopic (exact) mass is 253 g/mol. The van der Waals surface area contributed by atoms with Gasteiger partial charge < -0.3 is 4.74 Å². The standard InChI is InChI=1S/C11H12BrNO/c1-3-8(7-13)10-6-9(14-2)4-5-11(10)12/h4-6,8H,3H2,1-2H3. The van der Waals surface area contributed by atoms with E-state index in [2.05, 4.69) is 22.0 Å². The molecule has 3 heteroatoms. The number of benzene rings is 1. The molecular formula is C11H12BrNO. The van der Waals surface area contributed by atoms with Crippen molar-refractivity contribution >= 4 is 15.9 Å². The Hall–Kier alpha value is -1.01. The van der Waals surface area contributed by atoms with Gasteiger partial charge in [0.05, 0.1) is 19.1 Å². The van der Waals surface area contributed by atoms with Gasteiger partial charge in [0.1, 0.15) is 5.75 Å². The highest BCUT2D eigenvalue weighted by Crippen LogP contribution is 2.30. The van der Waals surface area contributed by atoms with Crippen LogP contribution in [0.2, 0.25) is 0 Å². The molecule has 0 spiro atoms. The van der Waals surface area contributed by atoms with E-state index in [-0.39, 0.29) is 5.92 Å². The average molecular weight is 254 g/mol. The molecule has 1 aromatic carbocycles. The molecule has 0 N–H and O–H groups in total. The number of ether oxygens (including phenoxy) is 1. The maximum atomic E-state index is 8.96. The second kappa shape index (κ2) is 5.02. The van der Waals surface area contributed by atoms with Crippen LogP contribution >= 0.6 is 15.9 Å². The lowest BCUT2D eigenvalue weighted by Gasteiger charge is -2.10. The molecule has 0 fully saturated rings. The summed E-state index contributed by atoms with van der Waals surface area (Å²) in [4.78, 5) is 0. The van der Waals surface area contributed by atoms with E-state index in [1.165, 1.54) is 0 Å². The minimum atomic E-state index is -0.0699. The molecule has 1 atom stereocenters. The number of hydrogen-bond donors (Lipinski definition) is 0. The predicted octanol–water partition coefficient (Wildman–Crippen LogP) is 3.47. The van der Waals surface area contributed by atoms with E-state index in [9.17, 15) is 0 Å². The van der Waals surface area contributed by atoms with Crippen molar-refractivity contribution in [1.82, 2.24) is 0 Å². The van der Waals surface area contributed by atoms with Gasteiger partial charge in [-0.2, -0.15) is 5.26 Å². The van der Waals surface area contributed by atoms with E-state index in [1.54, 1.807) is 7.11 Å². The van der Waals surface area contributed by atoms with Crippen molar-refractivity contribution in [2.75, 3.05) is 7.11 Å². The first-order chi connectivity index (χ1) is 6.72. The van der Waals surface area contributed by atoms with Crippen molar-refractivity contribution in [1.29, 1.82) is 5.26 Å². The number of rotatable bonds is 3. The molecule has 0 radical (unpaired) electrons. The van der Waals surface area contributed by atoms with Gasteiger partial charge in [0, 0.05) is 4.47 Å². The number of hydrogen-bond acceptors (Lipinski definition) is 2. The highest BCUT2D eigenvalue weighted by Gasteiger charge is 2.12. The zero-order chi connectivity index (χ0) is 10.6. The van der Waals surface area contributed by atoms with Crippen LogP contribution in [-0.2, 0) is 0 Å². The normalized spacial score (nSPS) is 11.9. The van der Waals surface area contributed by atoms with E-state index >= 15 is 0 Å². The molecule has 0 aliphatic heterocycles. The molecule has 0 bridgehead atoms. The molecule has 0 saturated carbocycles. The van der Waals surface area contributed by atoms with Crippen LogP contribution in [0.4, 0.5) is 0 Å². The predicted molar refractivity (Wildman–Crippen MR) is 59.3 cm³/mol. The van der Waals surface area contributed by atoms with Gasteiger partial charge in [-0.25, -0.2) is 0 Å². The third-order valence-electron chi connectivity index (χ3n) is 2.14. The molecule has 1 rings (SSSR count). The molecule has 0 amide bonds. The molecular weight excluding hydrogens is 242 g/mol. The average Bonchev–Trinajstić information content (AvgIpc) is 2.22. The Morgan fingerprint density at radius 3 is 2.79 bits per heavy atom. The second-order valence-electron chi connectivity index (χ2n) is 2.98. The second-order valence-corrected chi connectivity index (χ2v) is 3.83. The maximum absolute atomic E-state index is 8.96. The number of halogens is 1. The van der Waals surface area contributed by atoms with Crippen LogP contribution in [0.1, 0.15) is 24.8 Å². The molecule has 14 heavy (non-hydrogen) atoms. The fourth-order valence-corrected chi connectivity index (χ4v) is 1.82. The van der Waals surface area contributed by atoms with E-state index in [1.807, 2.05) is 25.1 Å². The Labute approximate surface area is 92.6 Å². The van der Waals surface area contributed by atoms with Crippen molar-refractivity contribution in [2.45, 2.75) is 19.3 Å². The molecule has 74 valence electrons. The van der Waals surface area contributed by atoms with Crippen LogP contribution in [0.25, 0.3) is 0 Å². The molecule has 1 unspecified atom stereocenters. The summed E-state index contributed by atoms with van der Waals surface area (Å²) in [6.45, 7) is 2.00. The quantitative estimate of drug-likeness (QED) is 0.827. The minimum Gasteiger partial charge on any atom is -0.497 e. The van der Waals surface area contributed by atoms with Crippen LogP contribution in [0, 0.1) is 11.3 Å². The first-order valence-corrected chi connectivity index (χ1v) is 5.25. The van der Waals surface area contributed by atoms with Crippen molar-refractivity contribution in [3.63, 3.8) is 0 Å². The summed E-state index contributed by atoms with van der Waals surface area (Å²) in [5, 5.41) is 8.96. The van der Waals surface area contributed by atoms with Gasteiger partial charge in [0.15, 0.2) is 0 Å². The minimum absolute atomic E-state index is 0.0699. The SMILES string of the molecule is CCC(C#N)c1cc(OC)ccc1Br. The zero-order valence-corrected chi connectivity index (χ0v) is 9.84. The van der Waals surface area contributed by atoms with Gasteiger partial charge in [-0.15, -0.1) is 0 Å². The Kier molecular flexibility index (Phi) is 3.97. The summed E-state index contributed by atoms with van der Waals surface area (Å²) in [5.41, 5.74) is 0.995. The molecule has 2 nitrogen and oxygen atoms in total. The Balaban J connectivity index is 3.12. The van der Waals surface area contributed by atoms with E-state index < -0.39 is 0 Å². The molecule has 1 aromatic rings. The van der Waals surface area contributed by atoms with Crippen LogP contribution in [0.5, 0.6) is 5.75 Å². The maximum Gasteiger partial charge on any atom is 0.119 e. The lowest BCUT2D eigenvalue weighted by atomic mass is 9.98. The van der Waals surface area contributed by atoms with E-state index in [4.69, 9.17) is 10.00 Å². The molecule has 0 aliphatic rings. The summed E-state index contributed by atoms with van der Waals surface area (Å²) in [7, 11) is 1.63. The highest BCUT2D eigenvalue weighted by molar-refractivity contribution is 9.10. The first kappa shape index (κ1) is 11.1. The summed E-state index contributed by atoms with van der Waals surface area (Å²) in [5.74, 6) is 0.719. The lowest BCUT2D eigenvalue weighted by molar-refractivity contribution is 0.414. The summed E-state index contributed by atoms with van der Waals surface area (Å²) in [6, 6.07) is 7.96. The first-order valence-electron chi connectivity index (χ1n) is 4.46. The zero-order valence-electron chi connectivity index (χ0n) is 8.25. The van der Waals surface area contributed by atoms with E-state index in [0.717, 1.165) is 22.2 Å². The smallest absolute Gasteiger partial charge is 0.119 e. The van der Waals surface area contributed by atoms with Crippen LogP contribution in [-0.4, -0.2) is 7.11 Å². The van der Waals surface area contributed by atoms with Gasteiger partial charge in [-0.1, -0.05) is 22.9 Å². The fourth-order valence-electron chi connectivity index (χ4n) is 1.30. The third kappa shape index (κ3) is 2.27. The summed E-state index contributed by atoms with van der Waals surface area (Å²) in [6.07, 6.45) is 0.808. The Bertz CT molecular complexity index is 357. The van der Waals surface area contributed by atoms with Crippen LogP contribution in [0.15, 0.2) is 22.7 Å². The highest BCUT2D eigenvalue weighted by atomic mass is 79.9. The fraction of sp³-hybridized carbons (Fsp3) is 0.364. The van der Waals surface area contributed by atoms with Gasteiger partial charge in [0.2, 0.25) is 0 Å². The molecule has 0 aliphatic carbocycles. The van der Waals surface area contributed by atoms with Crippen LogP contribution in [0.3, 0.4) is 0 Å². The number of nitriles is 1. The van der Waals surface area contributed by atoms with Crippen molar-refractivity contribution in [2.24, 2.45) is 0 Å². The van der Waals surface area contributed by atoms with E-state index in [0.29, 0.717) is 0 Å². The van der Waals surface area contributed by atoms with Crippen LogP contribution < -0.4 is 4.74 Å². The molecule has 0 saturated heterocycles. The van der Waals surface area contributed by atoms with Gasteiger partial charge in [-0.05, 0) is 30.2 Å². The largest absolute Gasteiger partial charge is 0.497 e. The van der Waals surface area contributed by atoms with Crippen molar-refractivity contribution in [3.05, 3.63) is 28.2 Å².